The highest BCUT2D eigenvalue weighted by Crippen LogP contribution is 2.17. The van der Waals surface area contributed by atoms with Gasteiger partial charge >= 0.3 is 0 Å². The van der Waals surface area contributed by atoms with Crippen LogP contribution in [0.15, 0.2) is 24.3 Å². The summed E-state index contributed by atoms with van der Waals surface area (Å²) >= 11 is 3.36. The highest BCUT2D eigenvalue weighted by atomic mass is 79.9. The number of alkyl halides is 1. The van der Waals surface area contributed by atoms with Crippen LogP contribution < -0.4 is 10.1 Å². The van der Waals surface area contributed by atoms with E-state index < -0.39 is 0 Å². The topological polar surface area (TPSA) is 38.3 Å². The maximum Gasteiger partial charge on any atom is 0.224 e. The number of benzene rings is 1. The molecule has 3 nitrogen and oxygen atoms in total. The van der Waals surface area contributed by atoms with Gasteiger partial charge < -0.3 is 10.1 Å². The van der Waals surface area contributed by atoms with Crippen LogP contribution in [0.5, 0.6) is 5.75 Å². The number of methoxy groups -OCH3 is 1. The van der Waals surface area contributed by atoms with Crippen molar-refractivity contribution in [3.8, 4) is 5.75 Å². The van der Waals surface area contributed by atoms with Crippen LogP contribution in [0, 0.1) is 0 Å². The summed E-state index contributed by atoms with van der Waals surface area (Å²) in [7, 11) is 1.62. The number of hydrogen-bond acceptors (Lipinski definition) is 2. The van der Waals surface area contributed by atoms with Crippen molar-refractivity contribution in [1.29, 1.82) is 0 Å². The van der Waals surface area contributed by atoms with Crippen molar-refractivity contribution in [2.24, 2.45) is 0 Å². The van der Waals surface area contributed by atoms with E-state index in [4.69, 9.17) is 4.74 Å². The van der Waals surface area contributed by atoms with Gasteiger partial charge in [-0.25, -0.2) is 0 Å². The van der Waals surface area contributed by atoms with E-state index in [1.54, 1.807) is 7.11 Å². The quantitative estimate of drug-likeness (QED) is 0.621. The standard InChI is InChI=1S/C13H18BrNO2/c1-17-12-7-3-2-6-11(12)10-13(16)15-9-5-4-8-14/h2-3,6-7H,4-5,8-10H2,1H3,(H,15,16). The Morgan fingerprint density at radius 2 is 2.12 bits per heavy atom. The van der Waals surface area contributed by atoms with E-state index >= 15 is 0 Å². The number of ether oxygens (including phenoxy) is 1. The smallest absolute Gasteiger partial charge is 0.224 e. The molecule has 0 spiro atoms. The summed E-state index contributed by atoms with van der Waals surface area (Å²) in [6, 6.07) is 7.59. The molecule has 0 fully saturated rings. The number of para-hydroxylation sites is 1. The van der Waals surface area contributed by atoms with Gasteiger partial charge in [-0.3, -0.25) is 4.79 Å². The first-order valence-corrected chi connectivity index (χ1v) is 6.84. The Morgan fingerprint density at radius 1 is 1.35 bits per heavy atom. The molecule has 0 aliphatic heterocycles. The molecule has 0 saturated carbocycles. The molecule has 17 heavy (non-hydrogen) atoms. The number of nitrogens with one attached hydrogen (secondary N) is 1. The molecule has 1 rings (SSSR count). The van der Waals surface area contributed by atoms with Crippen molar-refractivity contribution >= 4 is 21.8 Å². The summed E-state index contributed by atoms with van der Waals surface area (Å²) in [6.45, 7) is 0.736. The lowest BCUT2D eigenvalue weighted by Crippen LogP contribution is -2.26. The lowest BCUT2D eigenvalue weighted by atomic mass is 10.1. The number of unbranched alkanes of at least 4 members (excludes halogenated alkanes) is 1. The lowest BCUT2D eigenvalue weighted by molar-refractivity contribution is -0.120. The van der Waals surface area contributed by atoms with Crippen molar-refractivity contribution in [1.82, 2.24) is 5.32 Å². The molecule has 1 aromatic carbocycles. The third kappa shape index (κ3) is 5.22. The molecule has 0 radical (unpaired) electrons. The maximum absolute atomic E-state index is 11.7. The van der Waals surface area contributed by atoms with Gasteiger partial charge in [-0.05, 0) is 18.9 Å². The summed E-state index contributed by atoms with van der Waals surface area (Å²) in [5.41, 5.74) is 0.924. The molecule has 0 atom stereocenters. The molecule has 0 unspecified atom stereocenters. The lowest BCUT2D eigenvalue weighted by Gasteiger charge is -2.08. The van der Waals surface area contributed by atoms with E-state index in [9.17, 15) is 4.79 Å². The Morgan fingerprint density at radius 3 is 2.82 bits per heavy atom. The first kappa shape index (κ1) is 14.0. The first-order chi connectivity index (χ1) is 8.27. The van der Waals surface area contributed by atoms with Crippen LogP contribution in [0.25, 0.3) is 0 Å². The zero-order chi connectivity index (χ0) is 12.5. The summed E-state index contributed by atoms with van der Waals surface area (Å²) in [4.78, 5) is 11.7. The zero-order valence-electron chi connectivity index (χ0n) is 10.0. The van der Waals surface area contributed by atoms with E-state index in [1.807, 2.05) is 24.3 Å². The monoisotopic (exact) mass is 299 g/mol. The van der Waals surface area contributed by atoms with E-state index in [2.05, 4.69) is 21.2 Å². The minimum Gasteiger partial charge on any atom is -0.496 e. The summed E-state index contributed by atoms with van der Waals surface area (Å²) in [6.07, 6.45) is 2.45. The molecule has 94 valence electrons. The number of amides is 1. The van der Waals surface area contributed by atoms with Gasteiger partial charge in [0.15, 0.2) is 0 Å². The first-order valence-electron chi connectivity index (χ1n) is 5.72. The van der Waals surface area contributed by atoms with E-state index in [0.29, 0.717) is 6.42 Å². The number of halogens is 1. The maximum atomic E-state index is 11.7. The number of carbonyl (C=O) groups excluding carboxylic acids is 1. The van der Waals surface area contributed by atoms with Crippen molar-refractivity contribution in [2.45, 2.75) is 19.3 Å². The molecule has 1 N–H and O–H groups in total. The average Bonchev–Trinajstić information content (AvgIpc) is 2.35. The van der Waals surface area contributed by atoms with Crippen LogP contribution in [-0.2, 0) is 11.2 Å². The number of rotatable bonds is 7. The number of hydrogen-bond donors (Lipinski definition) is 1. The fourth-order valence-corrected chi connectivity index (χ4v) is 1.93. The molecular weight excluding hydrogens is 282 g/mol. The SMILES string of the molecule is COc1ccccc1CC(=O)NCCCCBr. The third-order valence-corrected chi connectivity index (χ3v) is 2.99. The van der Waals surface area contributed by atoms with E-state index in [0.717, 1.165) is 36.0 Å². The normalized spacial score (nSPS) is 10.0. The molecule has 1 aromatic rings. The van der Waals surface area contributed by atoms with Crippen molar-refractivity contribution < 1.29 is 9.53 Å². The zero-order valence-corrected chi connectivity index (χ0v) is 11.6. The van der Waals surface area contributed by atoms with Gasteiger partial charge in [0.05, 0.1) is 13.5 Å². The van der Waals surface area contributed by atoms with Gasteiger partial charge in [0.2, 0.25) is 5.91 Å². The Hall–Kier alpha value is -1.03. The van der Waals surface area contributed by atoms with Crippen LogP contribution in [0.3, 0.4) is 0 Å². The second-order valence-electron chi connectivity index (χ2n) is 3.73. The molecule has 0 bridgehead atoms. The minimum absolute atomic E-state index is 0.0454. The van der Waals surface area contributed by atoms with Crippen molar-refractivity contribution in [2.75, 3.05) is 19.0 Å². The predicted octanol–water partition coefficient (Wildman–Crippen LogP) is 2.53. The van der Waals surface area contributed by atoms with E-state index in [1.165, 1.54) is 0 Å². The second-order valence-corrected chi connectivity index (χ2v) is 4.53. The summed E-state index contributed by atoms with van der Waals surface area (Å²) < 4.78 is 5.20. The van der Waals surface area contributed by atoms with E-state index in [-0.39, 0.29) is 5.91 Å². The molecule has 0 aliphatic rings. The van der Waals surface area contributed by atoms with Crippen LogP contribution in [-0.4, -0.2) is 24.9 Å². The summed E-state index contributed by atoms with van der Waals surface area (Å²) in [5.74, 6) is 0.812. The van der Waals surface area contributed by atoms with Gasteiger partial charge in [0.25, 0.3) is 0 Å². The van der Waals surface area contributed by atoms with Gasteiger partial charge in [0, 0.05) is 17.4 Å². The van der Waals surface area contributed by atoms with Crippen molar-refractivity contribution in [3.05, 3.63) is 29.8 Å². The molecule has 0 aromatic heterocycles. The van der Waals surface area contributed by atoms with Crippen molar-refractivity contribution in [3.63, 3.8) is 0 Å². The fourth-order valence-electron chi connectivity index (χ4n) is 1.53. The largest absolute Gasteiger partial charge is 0.496 e. The Balaban J connectivity index is 2.39. The Bertz CT molecular complexity index is 355. The molecule has 0 aliphatic carbocycles. The van der Waals surface area contributed by atoms with Crippen LogP contribution in [0.1, 0.15) is 18.4 Å². The molecule has 4 heteroatoms. The van der Waals surface area contributed by atoms with Crippen LogP contribution in [0.4, 0.5) is 0 Å². The molecular formula is C13H18BrNO2. The molecule has 0 saturated heterocycles. The average molecular weight is 300 g/mol. The fraction of sp³-hybridized carbons (Fsp3) is 0.462. The van der Waals surface area contributed by atoms with Gasteiger partial charge in [0.1, 0.15) is 5.75 Å². The Labute approximate surface area is 111 Å². The Kier molecular flexibility index (Phi) is 6.70. The highest BCUT2D eigenvalue weighted by molar-refractivity contribution is 9.09. The van der Waals surface area contributed by atoms with Crippen LogP contribution in [0.2, 0.25) is 0 Å². The molecule has 1 amide bonds. The highest BCUT2D eigenvalue weighted by Gasteiger charge is 2.07. The number of carbonyl (C=O) groups is 1. The van der Waals surface area contributed by atoms with Gasteiger partial charge in [-0.15, -0.1) is 0 Å². The third-order valence-electron chi connectivity index (χ3n) is 2.43. The minimum atomic E-state index is 0.0454. The predicted molar refractivity (Wildman–Crippen MR) is 72.7 cm³/mol. The van der Waals surface area contributed by atoms with Gasteiger partial charge in [-0.2, -0.15) is 0 Å². The van der Waals surface area contributed by atoms with Crippen LogP contribution >= 0.6 is 15.9 Å². The second kappa shape index (κ2) is 8.12. The molecule has 0 heterocycles. The van der Waals surface area contributed by atoms with Gasteiger partial charge in [-0.1, -0.05) is 34.1 Å². The summed E-state index contributed by atoms with van der Waals surface area (Å²) in [5, 5.41) is 3.88.